The van der Waals surface area contributed by atoms with Crippen molar-refractivity contribution in [2.24, 2.45) is 0 Å². The molecule has 1 amide bonds. The summed E-state index contributed by atoms with van der Waals surface area (Å²) in [6.45, 7) is 1.69. The van der Waals surface area contributed by atoms with Crippen LogP contribution in [0.2, 0.25) is 0 Å². The van der Waals surface area contributed by atoms with E-state index < -0.39 is 0 Å². The molecule has 0 atom stereocenters. The van der Waals surface area contributed by atoms with Crippen LogP contribution in [0.15, 0.2) is 30.6 Å². The monoisotopic (exact) mass is 255 g/mol. The lowest BCUT2D eigenvalue weighted by Gasteiger charge is -2.04. The molecule has 0 saturated carbocycles. The Morgan fingerprint density at radius 1 is 1.53 bits per heavy atom. The molecule has 0 aliphatic heterocycles. The summed E-state index contributed by atoms with van der Waals surface area (Å²) in [6.07, 6.45) is 3.19. The Morgan fingerprint density at radius 3 is 3.05 bits per heavy atom. The number of hydrogen-bond donors (Lipinski definition) is 3. The molecule has 0 radical (unpaired) electrons. The van der Waals surface area contributed by atoms with E-state index in [9.17, 15) is 4.79 Å². The number of amides is 1. The van der Waals surface area contributed by atoms with E-state index in [1.54, 1.807) is 24.5 Å². The first-order chi connectivity index (χ1) is 9.20. The second-order valence-corrected chi connectivity index (χ2v) is 3.88. The number of anilines is 1. The van der Waals surface area contributed by atoms with Crippen LogP contribution in [0.5, 0.6) is 0 Å². The van der Waals surface area contributed by atoms with E-state index in [1.807, 2.05) is 13.0 Å². The Morgan fingerprint density at radius 2 is 2.37 bits per heavy atom. The molecule has 2 aromatic rings. The number of aromatic amines is 1. The van der Waals surface area contributed by atoms with Crippen molar-refractivity contribution in [2.45, 2.75) is 6.92 Å². The van der Waals surface area contributed by atoms with Gasteiger partial charge in [0.1, 0.15) is 6.61 Å². The summed E-state index contributed by atoms with van der Waals surface area (Å²) < 4.78 is 0. The summed E-state index contributed by atoms with van der Waals surface area (Å²) in [4.78, 5) is 18.7. The molecule has 0 fully saturated rings. The number of aliphatic hydroxyl groups is 1. The van der Waals surface area contributed by atoms with Crippen molar-refractivity contribution in [2.75, 3.05) is 11.9 Å². The van der Waals surface area contributed by atoms with Crippen LogP contribution in [0.25, 0.3) is 0 Å². The normalized spacial score (nSPS) is 9.58. The Hall–Kier alpha value is -2.58. The molecule has 0 saturated heterocycles. The number of aromatic nitrogens is 2. The van der Waals surface area contributed by atoms with Crippen LogP contribution in [-0.4, -0.2) is 27.6 Å². The minimum Gasteiger partial charge on any atom is -0.384 e. The first-order valence-corrected chi connectivity index (χ1v) is 5.72. The number of carbonyl (C=O) groups excluding carboxylic acids is 1. The summed E-state index contributed by atoms with van der Waals surface area (Å²) in [5.41, 5.74) is 2.17. The smallest absolute Gasteiger partial charge is 0.258 e. The predicted octanol–water partition coefficient (Wildman–Crippen LogP) is 1.31. The molecule has 1 aromatic carbocycles. The van der Waals surface area contributed by atoms with Crippen LogP contribution in [0.1, 0.15) is 21.5 Å². The summed E-state index contributed by atoms with van der Waals surface area (Å²) in [5, 5.41) is 11.3. The summed E-state index contributed by atoms with van der Waals surface area (Å²) in [6, 6.07) is 5.23. The molecular weight excluding hydrogens is 242 g/mol. The molecule has 5 nitrogen and oxygen atoms in total. The Labute approximate surface area is 110 Å². The van der Waals surface area contributed by atoms with E-state index in [2.05, 4.69) is 27.1 Å². The van der Waals surface area contributed by atoms with Crippen molar-refractivity contribution in [3.63, 3.8) is 0 Å². The van der Waals surface area contributed by atoms with Crippen LogP contribution in [0, 0.1) is 18.8 Å². The number of H-pyrrole nitrogens is 1. The number of rotatable bonds is 2. The van der Waals surface area contributed by atoms with Gasteiger partial charge in [-0.2, -0.15) is 0 Å². The van der Waals surface area contributed by atoms with Gasteiger partial charge in [-0.15, -0.1) is 0 Å². The quantitative estimate of drug-likeness (QED) is 0.708. The highest BCUT2D eigenvalue weighted by molar-refractivity contribution is 6.03. The Kier molecular flexibility index (Phi) is 3.96. The average molecular weight is 255 g/mol. The van der Waals surface area contributed by atoms with E-state index in [-0.39, 0.29) is 12.5 Å². The van der Waals surface area contributed by atoms with Crippen molar-refractivity contribution < 1.29 is 9.90 Å². The molecule has 2 rings (SSSR count). The zero-order valence-corrected chi connectivity index (χ0v) is 10.4. The molecule has 5 heteroatoms. The number of nitrogens with one attached hydrogen (secondary N) is 2. The number of benzene rings is 1. The van der Waals surface area contributed by atoms with Crippen LogP contribution in [-0.2, 0) is 0 Å². The Bertz CT molecular complexity index is 636. The molecule has 0 aliphatic carbocycles. The molecule has 1 aromatic heterocycles. The molecule has 0 spiro atoms. The molecule has 0 aliphatic rings. The molecule has 1 heterocycles. The van der Waals surface area contributed by atoms with Gasteiger partial charge in [0.25, 0.3) is 5.91 Å². The van der Waals surface area contributed by atoms with Crippen LogP contribution in [0.4, 0.5) is 5.95 Å². The maximum absolute atomic E-state index is 12.0. The molecule has 19 heavy (non-hydrogen) atoms. The van der Waals surface area contributed by atoms with E-state index in [0.29, 0.717) is 11.5 Å². The highest BCUT2D eigenvalue weighted by Crippen LogP contribution is 2.11. The van der Waals surface area contributed by atoms with Crippen LogP contribution >= 0.6 is 0 Å². The van der Waals surface area contributed by atoms with Crippen molar-refractivity contribution in [3.8, 4) is 11.8 Å². The fourth-order valence-electron chi connectivity index (χ4n) is 1.55. The maximum atomic E-state index is 12.0. The summed E-state index contributed by atoms with van der Waals surface area (Å²) in [5.74, 6) is 5.52. The highest BCUT2D eigenvalue weighted by Gasteiger charge is 2.08. The van der Waals surface area contributed by atoms with Gasteiger partial charge in [0, 0.05) is 23.5 Å². The standard InChI is InChI=1S/C14H13N3O2/c1-10-4-5-12(9-11(10)3-2-8-18)13(19)17-14-15-6-7-16-14/h4-7,9,18H,8H2,1H3,(H2,15,16,17,19). The Balaban J connectivity index is 2.22. The van der Waals surface area contributed by atoms with Gasteiger partial charge in [-0.05, 0) is 24.6 Å². The van der Waals surface area contributed by atoms with Gasteiger partial charge in [-0.3, -0.25) is 10.1 Å². The van der Waals surface area contributed by atoms with E-state index in [0.717, 1.165) is 11.1 Å². The van der Waals surface area contributed by atoms with Crippen molar-refractivity contribution in [1.29, 1.82) is 0 Å². The van der Waals surface area contributed by atoms with Gasteiger partial charge >= 0.3 is 0 Å². The van der Waals surface area contributed by atoms with Gasteiger partial charge in [-0.25, -0.2) is 4.98 Å². The molecule has 0 unspecified atom stereocenters. The zero-order chi connectivity index (χ0) is 13.7. The summed E-state index contributed by atoms with van der Waals surface area (Å²) in [7, 11) is 0. The third kappa shape index (κ3) is 3.21. The van der Waals surface area contributed by atoms with E-state index in [4.69, 9.17) is 5.11 Å². The second-order valence-electron chi connectivity index (χ2n) is 3.88. The second kappa shape index (κ2) is 5.85. The fraction of sp³-hybridized carbons (Fsp3) is 0.143. The van der Waals surface area contributed by atoms with E-state index in [1.165, 1.54) is 0 Å². The SMILES string of the molecule is Cc1ccc(C(=O)Nc2ncc[nH]2)cc1C#CCO. The number of aliphatic hydroxyl groups excluding tert-OH is 1. The number of carbonyl (C=O) groups is 1. The minimum absolute atomic E-state index is 0.206. The first-order valence-electron chi connectivity index (χ1n) is 5.72. The predicted molar refractivity (Wildman–Crippen MR) is 71.7 cm³/mol. The lowest BCUT2D eigenvalue weighted by atomic mass is 10.0. The zero-order valence-electron chi connectivity index (χ0n) is 10.4. The average Bonchev–Trinajstić information content (AvgIpc) is 2.90. The van der Waals surface area contributed by atoms with Gasteiger partial charge < -0.3 is 10.1 Å². The number of aryl methyl sites for hydroxylation is 1. The third-order valence-electron chi connectivity index (χ3n) is 2.53. The molecule has 0 bridgehead atoms. The first kappa shape index (κ1) is 12.9. The lowest BCUT2D eigenvalue weighted by Crippen LogP contribution is -2.13. The van der Waals surface area contributed by atoms with E-state index >= 15 is 0 Å². The van der Waals surface area contributed by atoms with Crippen LogP contribution in [0.3, 0.4) is 0 Å². The van der Waals surface area contributed by atoms with Gasteiger partial charge in [0.15, 0.2) is 0 Å². The highest BCUT2D eigenvalue weighted by atomic mass is 16.2. The van der Waals surface area contributed by atoms with Crippen LogP contribution < -0.4 is 5.32 Å². The number of nitrogens with zero attached hydrogens (tertiary/aromatic N) is 1. The van der Waals surface area contributed by atoms with Gasteiger partial charge in [0.05, 0.1) is 0 Å². The van der Waals surface area contributed by atoms with Crippen molar-refractivity contribution in [3.05, 3.63) is 47.3 Å². The van der Waals surface area contributed by atoms with Crippen molar-refractivity contribution in [1.82, 2.24) is 9.97 Å². The largest absolute Gasteiger partial charge is 0.384 e. The summed E-state index contributed by atoms with van der Waals surface area (Å²) >= 11 is 0. The topological polar surface area (TPSA) is 78.0 Å². The van der Waals surface area contributed by atoms with Gasteiger partial charge in [0.2, 0.25) is 5.95 Å². The fourth-order valence-corrected chi connectivity index (χ4v) is 1.55. The maximum Gasteiger partial charge on any atom is 0.258 e. The lowest BCUT2D eigenvalue weighted by molar-refractivity contribution is 0.102. The third-order valence-corrected chi connectivity index (χ3v) is 2.53. The minimum atomic E-state index is -0.262. The molecular formula is C14H13N3O2. The number of hydrogen-bond acceptors (Lipinski definition) is 3. The molecule has 3 N–H and O–H groups in total. The molecule has 96 valence electrons. The number of imidazole rings is 1. The van der Waals surface area contributed by atoms with Gasteiger partial charge in [-0.1, -0.05) is 17.9 Å². The van der Waals surface area contributed by atoms with Crippen molar-refractivity contribution >= 4 is 11.9 Å².